The van der Waals surface area contributed by atoms with Crippen molar-refractivity contribution < 1.29 is 9.59 Å². The molecule has 0 fully saturated rings. The first-order valence-electron chi connectivity index (χ1n) is 9.01. The van der Waals surface area contributed by atoms with Crippen LogP contribution in [0.3, 0.4) is 0 Å². The lowest BCUT2D eigenvalue weighted by Crippen LogP contribution is -2.50. The summed E-state index contributed by atoms with van der Waals surface area (Å²) in [6.07, 6.45) is 2.03. The highest BCUT2D eigenvalue weighted by Gasteiger charge is 2.29. The van der Waals surface area contributed by atoms with Crippen molar-refractivity contribution in [2.24, 2.45) is 11.8 Å². The van der Waals surface area contributed by atoms with E-state index < -0.39 is 6.04 Å². The van der Waals surface area contributed by atoms with Gasteiger partial charge in [-0.2, -0.15) is 0 Å². The van der Waals surface area contributed by atoms with Gasteiger partial charge in [0, 0.05) is 19.5 Å². The van der Waals surface area contributed by atoms with Gasteiger partial charge in [-0.15, -0.1) is 0 Å². The van der Waals surface area contributed by atoms with Crippen LogP contribution in [0.2, 0.25) is 0 Å². The minimum atomic E-state index is -0.415. The number of nitrogens with zero attached hydrogens (tertiary/aromatic N) is 1. The molecule has 1 aliphatic heterocycles. The predicted molar refractivity (Wildman–Crippen MR) is 96.4 cm³/mol. The second kappa shape index (κ2) is 8.32. The van der Waals surface area contributed by atoms with Crippen LogP contribution in [0.15, 0.2) is 24.3 Å². The molecule has 0 radical (unpaired) electrons. The Morgan fingerprint density at radius 1 is 1.08 bits per heavy atom. The molecule has 1 aliphatic rings. The average Bonchev–Trinajstić information content (AvgIpc) is 2.52. The Morgan fingerprint density at radius 2 is 1.75 bits per heavy atom. The van der Waals surface area contributed by atoms with Crippen LogP contribution in [0.4, 0.5) is 0 Å². The molecule has 0 saturated carbocycles. The molecule has 0 bridgehead atoms. The number of carbonyl (C=O) groups excluding carboxylic acids is 2. The standard InChI is InChI=1S/C20H30N2O2/c1-14(2)11-18(21-19(23)12-15(3)4)20(24)22-10-9-16-7-5-6-8-17(16)13-22/h5-8,14-15,18H,9-13H2,1-4H3,(H,21,23)/t18-/m0/s1. The fraction of sp³-hybridized carbons (Fsp3) is 0.600. The van der Waals surface area contributed by atoms with E-state index in [2.05, 4.69) is 31.3 Å². The lowest BCUT2D eigenvalue weighted by Gasteiger charge is -2.32. The Labute approximate surface area is 145 Å². The minimum absolute atomic E-state index is 0.0265. The van der Waals surface area contributed by atoms with Crippen molar-refractivity contribution in [1.82, 2.24) is 10.2 Å². The second-order valence-electron chi connectivity index (χ2n) is 7.63. The third kappa shape index (κ3) is 5.08. The number of carbonyl (C=O) groups is 2. The van der Waals surface area contributed by atoms with E-state index in [0.717, 1.165) is 13.0 Å². The van der Waals surface area contributed by atoms with Gasteiger partial charge in [0.2, 0.25) is 11.8 Å². The molecule has 0 saturated heterocycles. The normalized spacial score (nSPS) is 15.3. The first-order valence-corrected chi connectivity index (χ1v) is 9.01. The molecule has 0 unspecified atom stereocenters. The zero-order chi connectivity index (χ0) is 17.7. The van der Waals surface area contributed by atoms with Crippen molar-refractivity contribution >= 4 is 11.8 Å². The van der Waals surface area contributed by atoms with Crippen molar-refractivity contribution in [3.63, 3.8) is 0 Å². The Hall–Kier alpha value is -1.84. The molecule has 24 heavy (non-hydrogen) atoms. The second-order valence-corrected chi connectivity index (χ2v) is 7.63. The van der Waals surface area contributed by atoms with Gasteiger partial charge in [-0.05, 0) is 35.8 Å². The smallest absolute Gasteiger partial charge is 0.245 e. The van der Waals surface area contributed by atoms with Crippen LogP contribution >= 0.6 is 0 Å². The maximum Gasteiger partial charge on any atom is 0.245 e. The van der Waals surface area contributed by atoms with Crippen LogP contribution < -0.4 is 5.32 Å². The first-order chi connectivity index (χ1) is 11.4. The fourth-order valence-corrected chi connectivity index (χ4v) is 3.22. The van der Waals surface area contributed by atoms with Gasteiger partial charge in [-0.3, -0.25) is 9.59 Å². The summed E-state index contributed by atoms with van der Waals surface area (Å²) in [5, 5.41) is 2.97. The number of benzene rings is 1. The van der Waals surface area contributed by atoms with E-state index in [1.807, 2.05) is 30.9 Å². The third-order valence-electron chi connectivity index (χ3n) is 4.38. The molecule has 1 N–H and O–H groups in total. The van der Waals surface area contributed by atoms with Gasteiger partial charge < -0.3 is 10.2 Å². The Bertz CT molecular complexity index is 581. The molecule has 2 amide bonds. The van der Waals surface area contributed by atoms with Gasteiger partial charge in [-0.25, -0.2) is 0 Å². The lowest BCUT2D eigenvalue weighted by molar-refractivity contribution is -0.137. The maximum atomic E-state index is 13.0. The van der Waals surface area contributed by atoms with Crippen molar-refractivity contribution in [3.8, 4) is 0 Å². The lowest BCUT2D eigenvalue weighted by atomic mass is 9.97. The molecule has 0 aromatic heterocycles. The molecule has 1 heterocycles. The summed E-state index contributed by atoms with van der Waals surface area (Å²) in [4.78, 5) is 27.0. The monoisotopic (exact) mass is 330 g/mol. The molecule has 0 aliphatic carbocycles. The van der Waals surface area contributed by atoms with Crippen molar-refractivity contribution in [2.75, 3.05) is 6.54 Å². The predicted octanol–water partition coefficient (Wildman–Crippen LogP) is 3.15. The summed E-state index contributed by atoms with van der Waals surface area (Å²) in [5.41, 5.74) is 2.54. The number of amides is 2. The van der Waals surface area contributed by atoms with Crippen LogP contribution in [0.1, 0.15) is 51.7 Å². The molecular formula is C20H30N2O2. The fourth-order valence-electron chi connectivity index (χ4n) is 3.22. The van der Waals surface area contributed by atoms with E-state index in [0.29, 0.717) is 31.2 Å². The van der Waals surface area contributed by atoms with Gasteiger partial charge in [0.1, 0.15) is 6.04 Å². The average molecular weight is 330 g/mol. The van der Waals surface area contributed by atoms with Gasteiger partial charge in [-0.1, -0.05) is 52.0 Å². The van der Waals surface area contributed by atoms with E-state index in [1.165, 1.54) is 11.1 Å². The number of fused-ring (bicyclic) bond motifs is 1. The number of hydrogen-bond acceptors (Lipinski definition) is 2. The summed E-state index contributed by atoms with van der Waals surface area (Å²) in [7, 11) is 0. The van der Waals surface area contributed by atoms with E-state index in [4.69, 9.17) is 0 Å². The minimum Gasteiger partial charge on any atom is -0.344 e. The SMILES string of the molecule is CC(C)CC(=O)N[C@@H](CC(C)C)C(=O)N1CCc2ccccc2C1. The molecule has 1 aromatic rings. The van der Waals surface area contributed by atoms with Crippen molar-refractivity contribution in [2.45, 2.75) is 59.5 Å². The van der Waals surface area contributed by atoms with E-state index in [9.17, 15) is 9.59 Å². The topological polar surface area (TPSA) is 49.4 Å². The van der Waals surface area contributed by atoms with Crippen molar-refractivity contribution in [3.05, 3.63) is 35.4 Å². The summed E-state index contributed by atoms with van der Waals surface area (Å²) in [5.74, 6) is 0.675. The summed E-state index contributed by atoms with van der Waals surface area (Å²) in [6, 6.07) is 7.87. The van der Waals surface area contributed by atoms with Crippen LogP contribution in [-0.4, -0.2) is 29.3 Å². The van der Waals surface area contributed by atoms with E-state index in [1.54, 1.807) is 0 Å². The van der Waals surface area contributed by atoms with Gasteiger partial charge in [0.25, 0.3) is 0 Å². The Balaban J connectivity index is 2.06. The summed E-state index contributed by atoms with van der Waals surface area (Å²) in [6.45, 7) is 9.57. The van der Waals surface area contributed by atoms with Gasteiger partial charge in [0.05, 0.1) is 0 Å². The molecule has 4 nitrogen and oxygen atoms in total. The maximum absolute atomic E-state index is 13.0. The van der Waals surface area contributed by atoms with Crippen LogP contribution in [0, 0.1) is 11.8 Å². The molecule has 2 rings (SSSR count). The highest BCUT2D eigenvalue weighted by Crippen LogP contribution is 2.20. The highest BCUT2D eigenvalue weighted by atomic mass is 16.2. The Morgan fingerprint density at radius 3 is 2.38 bits per heavy atom. The molecule has 1 atom stereocenters. The third-order valence-corrected chi connectivity index (χ3v) is 4.38. The zero-order valence-corrected chi connectivity index (χ0v) is 15.3. The van der Waals surface area contributed by atoms with Crippen LogP contribution in [0.5, 0.6) is 0 Å². The highest BCUT2D eigenvalue weighted by molar-refractivity contribution is 5.87. The molecule has 132 valence electrons. The van der Waals surface area contributed by atoms with Crippen LogP contribution in [0.25, 0.3) is 0 Å². The largest absolute Gasteiger partial charge is 0.344 e. The summed E-state index contributed by atoms with van der Waals surface area (Å²) >= 11 is 0. The van der Waals surface area contributed by atoms with E-state index in [-0.39, 0.29) is 11.8 Å². The molecule has 0 spiro atoms. The number of rotatable bonds is 6. The van der Waals surface area contributed by atoms with Gasteiger partial charge >= 0.3 is 0 Å². The molecular weight excluding hydrogens is 300 g/mol. The number of nitrogens with one attached hydrogen (secondary N) is 1. The number of hydrogen-bond donors (Lipinski definition) is 1. The summed E-state index contributed by atoms with van der Waals surface area (Å²) < 4.78 is 0. The first kappa shape index (κ1) is 18.5. The van der Waals surface area contributed by atoms with Crippen molar-refractivity contribution in [1.29, 1.82) is 0 Å². The zero-order valence-electron chi connectivity index (χ0n) is 15.3. The van der Waals surface area contributed by atoms with Gasteiger partial charge in [0.15, 0.2) is 0 Å². The quantitative estimate of drug-likeness (QED) is 0.871. The molecule has 4 heteroatoms. The molecule has 1 aromatic carbocycles. The van der Waals surface area contributed by atoms with E-state index >= 15 is 0 Å². The Kier molecular flexibility index (Phi) is 6.41. The van der Waals surface area contributed by atoms with Crippen LogP contribution in [-0.2, 0) is 22.6 Å².